The number of hydrogen-bond acceptors (Lipinski definition) is 2. The van der Waals surface area contributed by atoms with Crippen LogP contribution < -0.4 is 10.6 Å². The first-order valence-corrected chi connectivity index (χ1v) is 7.68. The third-order valence-corrected chi connectivity index (χ3v) is 3.95. The van der Waals surface area contributed by atoms with Crippen LogP contribution in [0, 0.1) is 6.92 Å². The Bertz CT molecular complexity index is 548. The second-order valence-electron chi connectivity index (χ2n) is 5.83. The number of rotatable bonds is 4. The van der Waals surface area contributed by atoms with Gasteiger partial charge in [-0.05, 0) is 24.5 Å². The van der Waals surface area contributed by atoms with Crippen molar-refractivity contribution in [1.29, 1.82) is 0 Å². The van der Waals surface area contributed by atoms with E-state index < -0.39 is 12.7 Å². The highest BCUT2D eigenvalue weighted by Crippen LogP contribution is 2.19. The molecule has 24 heavy (non-hydrogen) atoms. The molecule has 0 radical (unpaired) electrons. The lowest BCUT2D eigenvalue weighted by Crippen LogP contribution is -2.45. The first-order valence-electron chi connectivity index (χ1n) is 7.68. The number of likely N-dealkylation sites (tertiary alicyclic amines) is 1. The maximum Gasteiger partial charge on any atom is 0.401 e. The molecule has 1 aliphatic rings. The van der Waals surface area contributed by atoms with Crippen LogP contribution in [-0.2, 0) is 6.54 Å². The summed E-state index contributed by atoms with van der Waals surface area (Å²) in [6.45, 7) is 2.65. The van der Waals surface area contributed by atoms with E-state index in [1.807, 2.05) is 31.2 Å². The van der Waals surface area contributed by atoms with Crippen molar-refractivity contribution in [3.8, 4) is 0 Å². The van der Waals surface area contributed by atoms with Crippen molar-refractivity contribution in [3.05, 3.63) is 35.4 Å². The summed E-state index contributed by atoms with van der Waals surface area (Å²) in [7, 11) is 1.66. The second kappa shape index (κ2) is 9.45. The van der Waals surface area contributed by atoms with Crippen molar-refractivity contribution >= 4 is 29.9 Å². The average Bonchev–Trinajstić information content (AvgIpc) is 2.90. The van der Waals surface area contributed by atoms with Gasteiger partial charge in [0.15, 0.2) is 5.96 Å². The Kier molecular flexibility index (Phi) is 8.28. The van der Waals surface area contributed by atoms with E-state index in [-0.39, 0.29) is 30.0 Å². The predicted molar refractivity (Wildman–Crippen MR) is 101 cm³/mol. The van der Waals surface area contributed by atoms with Gasteiger partial charge in [0.1, 0.15) is 0 Å². The molecule has 1 aromatic carbocycles. The van der Waals surface area contributed by atoms with Gasteiger partial charge >= 0.3 is 6.18 Å². The number of aryl methyl sites for hydroxylation is 1. The predicted octanol–water partition coefficient (Wildman–Crippen LogP) is 2.91. The van der Waals surface area contributed by atoms with Crippen molar-refractivity contribution in [2.75, 3.05) is 26.7 Å². The van der Waals surface area contributed by atoms with Gasteiger partial charge in [0.2, 0.25) is 0 Å². The average molecular weight is 456 g/mol. The molecule has 1 heterocycles. The molecule has 136 valence electrons. The molecule has 0 aliphatic carbocycles. The molecule has 1 saturated heterocycles. The molecular weight excluding hydrogens is 432 g/mol. The number of benzene rings is 1. The summed E-state index contributed by atoms with van der Waals surface area (Å²) < 4.78 is 37.2. The molecule has 4 nitrogen and oxygen atoms in total. The van der Waals surface area contributed by atoms with Crippen LogP contribution in [0.4, 0.5) is 13.2 Å². The van der Waals surface area contributed by atoms with E-state index in [1.165, 1.54) is 16.0 Å². The van der Waals surface area contributed by atoms with Crippen molar-refractivity contribution in [1.82, 2.24) is 15.5 Å². The topological polar surface area (TPSA) is 39.7 Å². The molecule has 1 atom stereocenters. The number of alkyl halides is 3. The second-order valence-corrected chi connectivity index (χ2v) is 5.83. The lowest BCUT2D eigenvalue weighted by molar-refractivity contribution is -0.143. The number of hydrogen-bond donors (Lipinski definition) is 2. The zero-order valence-electron chi connectivity index (χ0n) is 13.9. The van der Waals surface area contributed by atoms with Gasteiger partial charge in [-0.15, -0.1) is 24.0 Å². The Labute approximate surface area is 157 Å². The lowest BCUT2D eigenvalue weighted by atomic mass is 10.1. The number of guanidine groups is 1. The van der Waals surface area contributed by atoms with Gasteiger partial charge in [-0.2, -0.15) is 13.2 Å². The molecule has 1 fully saturated rings. The molecule has 0 aromatic heterocycles. The van der Waals surface area contributed by atoms with Crippen LogP contribution >= 0.6 is 24.0 Å². The van der Waals surface area contributed by atoms with E-state index in [4.69, 9.17) is 0 Å². The Morgan fingerprint density at radius 1 is 1.33 bits per heavy atom. The first-order chi connectivity index (χ1) is 10.9. The van der Waals surface area contributed by atoms with Crippen LogP contribution in [-0.4, -0.2) is 49.8 Å². The number of halogens is 4. The third-order valence-electron chi connectivity index (χ3n) is 3.95. The van der Waals surface area contributed by atoms with Crippen molar-refractivity contribution < 1.29 is 13.2 Å². The minimum absolute atomic E-state index is 0. The van der Waals surface area contributed by atoms with Gasteiger partial charge in [-0.3, -0.25) is 9.89 Å². The molecule has 2 N–H and O–H groups in total. The van der Waals surface area contributed by atoms with E-state index in [0.29, 0.717) is 32.0 Å². The molecule has 1 aromatic rings. The minimum atomic E-state index is -4.14. The van der Waals surface area contributed by atoms with E-state index >= 15 is 0 Å². The Balaban J connectivity index is 0.00000288. The summed E-state index contributed by atoms with van der Waals surface area (Å²) in [5.74, 6) is 0.618. The summed E-state index contributed by atoms with van der Waals surface area (Å²) in [6.07, 6.45) is -3.46. The highest BCUT2D eigenvalue weighted by molar-refractivity contribution is 14.0. The third kappa shape index (κ3) is 6.84. The van der Waals surface area contributed by atoms with Gasteiger partial charge in [0.05, 0.1) is 6.54 Å². The molecule has 1 aliphatic heterocycles. The lowest BCUT2D eigenvalue weighted by Gasteiger charge is -2.20. The van der Waals surface area contributed by atoms with E-state index in [0.717, 1.165) is 0 Å². The first kappa shape index (κ1) is 21.0. The zero-order chi connectivity index (χ0) is 16.9. The number of aliphatic imine (C=N–C) groups is 1. The zero-order valence-corrected chi connectivity index (χ0v) is 16.2. The van der Waals surface area contributed by atoms with Crippen molar-refractivity contribution in [3.63, 3.8) is 0 Å². The smallest absolute Gasteiger partial charge is 0.352 e. The maximum absolute atomic E-state index is 12.4. The molecule has 0 amide bonds. The largest absolute Gasteiger partial charge is 0.401 e. The fraction of sp³-hybridized carbons (Fsp3) is 0.562. The number of nitrogens with one attached hydrogen (secondary N) is 2. The van der Waals surface area contributed by atoms with Crippen LogP contribution in [0.25, 0.3) is 0 Å². The Morgan fingerprint density at radius 2 is 2.04 bits per heavy atom. The van der Waals surface area contributed by atoms with Crippen LogP contribution in [0.5, 0.6) is 0 Å². The molecule has 8 heteroatoms. The standard InChI is InChI=1S/C16H23F3N4.HI/c1-12-5-3-4-6-13(12)9-21-15(20-2)22-14-7-8-23(10-14)11-16(17,18)19;/h3-6,14H,7-11H2,1-2H3,(H2,20,21,22);1H. The summed E-state index contributed by atoms with van der Waals surface area (Å²) in [6, 6.07) is 8.03. The van der Waals surface area contributed by atoms with Gasteiger partial charge in [0, 0.05) is 32.7 Å². The monoisotopic (exact) mass is 456 g/mol. The quantitative estimate of drug-likeness (QED) is 0.416. The van der Waals surface area contributed by atoms with E-state index in [2.05, 4.69) is 15.6 Å². The Morgan fingerprint density at radius 3 is 2.67 bits per heavy atom. The number of nitrogens with zero attached hydrogens (tertiary/aromatic N) is 2. The molecule has 0 bridgehead atoms. The van der Waals surface area contributed by atoms with Crippen molar-refractivity contribution in [2.24, 2.45) is 4.99 Å². The summed E-state index contributed by atoms with van der Waals surface area (Å²) in [5, 5.41) is 6.42. The van der Waals surface area contributed by atoms with E-state index in [1.54, 1.807) is 7.05 Å². The van der Waals surface area contributed by atoms with Crippen LogP contribution in [0.1, 0.15) is 17.5 Å². The summed E-state index contributed by atoms with van der Waals surface area (Å²) >= 11 is 0. The van der Waals surface area contributed by atoms with Crippen LogP contribution in [0.3, 0.4) is 0 Å². The molecule has 0 spiro atoms. The fourth-order valence-corrected chi connectivity index (χ4v) is 2.72. The van der Waals surface area contributed by atoms with Crippen LogP contribution in [0.2, 0.25) is 0 Å². The van der Waals surface area contributed by atoms with Crippen LogP contribution in [0.15, 0.2) is 29.3 Å². The SMILES string of the molecule is CN=C(NCc1ccccc1C)NC1CCN(CC(F)(F)F)C1.I. The highest BCUT2D eigenvalue weighted by atomic mass is 127. The highest BCUT2D eigenvalue weighted by Gasteiger charge is 2.34. The molecule has 1 unspecified atom stereocenters. The molecular formula is C16H24F3IN4. The Hall–Kier alpha value is -1.03. The fourth-order valence-electron chi connectivity index (χ4n) is 2.72. The molecule has 2 rings (SSSR count). The van der Waals surface area contributed by atoms with Crippen molar-refractivity contribution in [2.45, 2.75) is 32.1 Å². The van der Waals surface area contributed by atoms with Gasteiger partial charge in [-0.25, -0.2) is 0 Å². The maximum atomic E-state index is 12.4. The molecule has 0 saturated carbocycles. The van der Waals surface area contributed by atoms with Gasteiger partial charge in [0.25, 0.3) is 0 Å². The minimum Gasteiger partial charge on any atom is -0.352 e. The summed E-state index contributed by atoms with van der Waals surface area (Å²) in [4.78, 5) is 5.57. The van der Waals surface area contributed by atoms with Gasteiger partial charge < -0.3 is 10.6 Å². The summed E-state index contributed by atoms with van der Waals surface area (Å²) in [5.41, 5.74) is 2.35. The normalized spacial score (nSPS) is 19.0. The van der Waals surface area contributed by atoms with Gasteiger partial charge in [-0.1, -0.05) is 24.3 Å². The van der Waals surface area contributed by atoms with E-state index in [9.17, 15) is 13.2 Å².